The molecule has 1 aromatic carbocycles. The quantitative estimate of drug-likeness (QED) is 0.830. The second-order valence-corrected chi connectivity index (χ2v) is 7.59. The Morgan fingerprint density at radius 3 is 2.85 bits per heavy atom. The van der Waals surface area contributed by atoms with E-state index in [1.54, 1.807) is 6.07 Å². The highest BCUT2D eigenvalue weighted by Gasteiger charge is 2.22. The van der Waals surface area contributed by atoms with E-state index in [1.807, 2.05) is 37.1 Å². The minimum atomic E-state index is 0.124. The SMILES string of the molecule is CC(C)Nc1ncc2c(n1)CN(C(=O)CCc1ccc(Cl)c(Cl)c1)CC2. The number of nitrogens with zero attached hydrogens (tertiary/aromatic N) is 3. The largest absolute Gasteiger partial charge is 0.352 e. The highest BCUT2D eigenvalue weighted by atomic mass is 35.5. The maximum atomic E-state index is 12.6. The summed E-state index contributed by atoms with van der Waals surface area (Å²) < 4.78 is 0. The van der Waals surface area contributed by atoms with Crippen molar-refractivity contribution in [1.82, 2.24) is 14.9 Å². The number of hydrogen-bond acceptors (Lipinski definition) is 4. The molecule has 0 atom stereocenters. The van der Waals surface area contributed by atoms with E-state index < -0.39 is 0 Å². The van der Waals surface area contributed by atoms with Crippen LogP contribution in [0, 0.1) is 0 Å². The van der Waals surface area contributed by atoms with Crippen LogP contribution in [0.2, 0.25) is 10.0 Å². The van der Waals surface area contributed by atoms with E-state index in [0.717, 1.165) is 23.2 Å². The van der Waals surface area contributed by atoms with Gasteiger partial charge in [-0.3, -0.25) is 4.79 Å². The molecule has 1 aromatic heterocycles. The summed E-state index contributed by atoms with van der Waals surface area (Å²) in [6.45, 7) is 5.32. The second-order valence-electron chi connectivity index (χ2n) is 6.78. The fourth-order valence-corrected chi connectivity index (χ4v) is 3.27. The van der Waals surface area contributed by atoms with Crippen LogP contribution < -0.4 is 5.32 Å². The molecule has 0 saturated heterocycles. The van der Waals surface area contributed by atoms with Crippen LogP contribution in [0.4, 0.5) is 5.95 Å². The Morgan fingerprint density at radius 1 is 1.31 bits per heavy atom. The Kier molecular flexibility index (Phi) is 5.99. The number of rotatable bonds is 5. The minimum absolute atomic E-state index is 0.124. The fourth-order valence-electron chi connectivity index (χ4n) is 2.95. The number of nitrogens with one attached hydrogen (secondary N) is 1. The third-order valence-corrected chi connectivity index (χ3v) is 5.07. The van der Waals surface area contributed by atoms with Gasteiger partial charge in [-0.15, -0.1) is 0 Å². The van der Waals surface area contributed by atoms with Crippen molar-refractivity contribution < 1.29 is 4.79 Å². The summed E-state index contributed by atoms with van der Waals surface area (Å²) in [5, 5.41) is 4.25. The Hall–Kier alpha value is -1.85. The molecule has 2 heterocycles. The summed E-state index contributed by atoms with van der Waals surface area (Å²) in [4.78, 5) is 23.4. The molecule has 2 aromatic rings. The summed E-state index contributed by atoms with van der Waals surface area (Å²) in [5.41, 5.74) is 3.06. The number of carbonyl (C=O) groups is 1. The molecule has 1 N–H and O–H groups in total. The van der Waals surface area contributed by atoms with Crippen molar-refractivity contribution in [2.75, 3.05) is 11.9 Å². The van der Waals surface area contributed by atoms with Crippen molar-refractivity contribution in [3.8, 4) is 0 Å². The molecule has 3 rings (SSSR count). The van der Waals surface area contributed by atoms with Gasteiger partial charge in [0.25, 0.3) is 0 Å². The van der Waals surface area contributed by atoms with Crippen LogP contribution in [0.15, 0.2) is 24.4 Å². The van der Waals surface area contributed by atoms with Gasteiger partial charge in [0, 0.05) is 25.2 Å². The van der Waals surface area contributed by atoms with E-state index in [-0.39, 0.29) is 11.9 Å². The number of benzene rings is 1. The number of aryl methyl sites for hydroxylation is 1. The average Bonchev–Trinajstić information content (AvgIpc) is 2.61. The topological polar surface area (TPSA) is 58.1 Å². The van der Waals surface area contributed by atoms with E-state index in [0.29, 0.717) is 41.9 Å². The number of fused-ring (bicyclic) bond motifs is 1. The molecule has 0 fully saturated rings. The third kappa shape index (κ3) is 4.65. The molecule has 0 unspecified atom stereocenters. The van der Waals surface area contributed by atoms with Crippen molar-refractivity contribution >= 4 is 35.1 Å². The lowest BCUT2D eigenvalue weighted by Crippen LogP contribution is -2.36. The lowest BCUT2D eigenvalue weighted by Gasteiger charge is -2.28. The molecule has 0 spiro atoms. The molecule has 1 aliphatic heterocycles. The number of anilines is 1. The van der Waals surface area contributed by atoms with Gasteiger partial charge in [-0.05, 0) is 49.9 Å². The van der Waals surface area contributed by atoms with E-state index in [4.69, 9.17) is 23.2 Å². The molecule has 0 radical (unpaired) electrons. The number of hydrogen-bond donors (Lipinski definition) is 1. The normalized spacial score (nSPS) is 13.7. The van der Waals surface area contributed by atoms with Gasteiger partial charge in [-0.1, -0.05) is 29.3 Å². The smallest absolute Gasteiger partial charge is 0.223 e. The molecule has 7 heteroatoms. The van der Waals surface area contributed by atoms with Crippen LogP contribution >= 0.6 is 23.2 Å². The van der Waals surface area contributed by atoms with Crippen LogP contribution in [0.1, 0.15) is 37.1 Å². The maximum Gasteiger partial charge on any atom is 0.223 e. The van der Waals surface area contributed by atoms with E-state index in [1.165, 1.54) is 0 Å². The van der Waals surface area contributed by atoms with E-state index in [9.17, 15) is 4.79 Å². The number of aromatic nitrogens is 2. The summed E-state index contributed by atoms with van der Waals surface area (Å²) in [5.74, 6) is 0.738. The zero-order valence-electron chi connectivity index (χ0n) is 14.9. The van der Waals surface area contributed by atoms with Crippen molar-refractivity contribution in [1.29, 1.82) is 0 Å². The lowest BCUT2D eigenvalue weighted by atomic mass is 10.1. The zero-order valence-corrected chi connectivity index (χ0v) is 16.4. The van der Waals surface area contributed by atoms with Gasteiger partial charge in [0.2, 0.25) is 11.9 Å². The molecular formula is C19H22Cl2N4O. The van der Waals surface area contributed by atoms with E-state index in [2.05, 4.69) is 15.3 Å². The van der Waals surface area contributed by atoms with Crippen molar-refractivity contribution in [2.24, 2.45) is 0 Å². The predicted molar refractivity (Wildman–Crippen MR) is 105 cm³/mol. The molecule has 26 heavy (non-hydrogen) atoms. The maximum absolute atomic E-state index is 12.6. The highest BCUT2D eigenvalue weighted by Crippen LogP contribution is 2.24. The monoisotopic (exact) mass is 392 g/mol. The summed E-state index contributed by atoms with van der Waals surface area (Å²) in [7, 11) is 0. The van der Waals surface area contributed by atoms with Gasteiger partial charge < -0.3 is 10.2 Å². The first-order chi connectivity index (χ1) is 12.4. The minimum Gasteiger partial charge on any atom is -0.352 e. The first-order valence-corrected chi connectivity index (χ1v) is 9.51. The summed E-state index contributed by atoms with van der Waals surface area (Å²) in [6.07, 6.45) is 3.73. The van der Waals surface area contributed by atoms with Gasteiger partial charge in [-0.25, -0.2) is 9.97 Å². The summed E-state index contributed by atoms with van der Waals surface area (Å²) >= 11 is 12.0. The first kappa shape index (κ1) is 18.9. The van der Waals surface area contributed by atoms with Gasteiger partial charge in [0.15, 0.2) is 0 Å². The van der Waals surface area contributed by atoms with Crippen LogP contribution in [-0.4, -0.2) is 33.4 Å². The number of halogens is 2. The Bertz CT molecular complexity index is 810. The Labute approximate surface area is 163 Å². The molecule has 5 nitrogen and oxygen atoms in total. The number of carbonyl (C=O) groups excluding carboxylic acids is 1. The van der Waals surface area contributed by atoms with Crippen LogP contribution in [0.5, 0.6) is 0 Å². The van der Waals surface area contributed by atoms with Crippen LogP contribution in [0.25, 0.3) is 0 Å². The first-order valence-electron chi connectivity index (χ1n) is 8.75. The van der Waals surface area contributed by atoms with Gasteiger partial charge >= 0.3 is 0 Å². The van der Waals surface area contributed by atoms with E-state index >= 15 is 0 Å². The van der Waals surface area contributed by atoms with Crippen LogP contribution in [-0.2, 0) is 24.2 Å². The average molecular weight is 393 g/mol. The molecule has 0 aliphatic carbocycles. The lowest BCUT2D eigenvalue weighted by molar-refractivity contribution is -0.132. The summed E-state index contributed by atoms with van der Waals surface area (Å²) in [6, 6.07) is 5.76. The van der Waals surface area contributed by atoms with Crippen LogP contribution in [0.3, 0.4) is 0 Å². The molecule has 0 saturated carbocycles. The fraction of sp³-hybridized carbons (Fsp3) is 0.421. The highest BCUT2D eigenvalue weighted by molar-refractivity contribution is 6.42. The molecule has 138 valence electrons. The van der Waals surface area contributed by atoms with Gasteiger partial charge in [0.05, 0.1) is 22.3 Å². The third-order valence-electron chi connectivity index (χ3n) is 4.33. The van der Waals surface area contributed by atoms with Crippen molar-refractivity contribution in [3.05, 3.63) is 51.3 Å². The second kappa shape index (κ2) is 8.23. The predicted octanol–water partition coefficient (Wildman–Crippen LogP) is 4.12. The zero-order chi connectivity index (χ0) is 18.7. The van der Waals surface area contributed by atoms with Crippen molar-refractivity contribution in [2.45, 2.75) is 45.7 Å². The molecule has 1 amide bonds. The molecule has 0 bridgehead atoms. The van der Waals surface area contributed by atoms with Crippen molar-refractivity contribution in [3.63, 3.8) is 0 Å². The Morgan fingerprint density at radius 2 is 2.12 bits per heavy atom. The number of amides is 1. The Balaban J connectivity index is 1.62. The standard InChI is InChI=1S/C19H22Cl2N4O/c1-12(2)23-19-22-10-14-7-8-25(11-17(14)24-19)18(26)6-4-13-3-5-15(20)16(21)9-13/h3,5,9-10,12H,4,6-8,11H2,1-2H3,(H,22,23,24). The molecular weight excluding hydrogens is 371 g/mol. The van der Waals surface area contributed by atoms with Gasteiger partial charge in [-0.2, -0.15) is 0 Å². The van der Waals surface area contributed by atoms with Gasteiger partial charge in [0.1, 0.15) is 0 Å². The molecule has 1 aliphatic rings.